The number of carbonyl (C=O) groups is 1. The molecule has 0 bridgehead atoms. The van der Waals surface area contributed by atoms with E-state index < -0.39 is 11.8 Å². The molecule has 4 nitrogen and oxygen atoms in total. The lowest BCUT2D eigenvalue weighted by Gasteiger charge is -2.22. The second-order valence-corrected chi connectivity index (χ2v) is 4.88. The Hall–Kier alpha value is -1.46. The third-order valence-corrected chi connectivity index (χ3v) is 3.23. The summed E-state index contributed by atoms with van der Waals surface area (Å²) in [7, 11) is 0. The van der Waals surface area contributed by atoms with Crippen molar-refractivity contribution in [3.8, 4) is 0 Å². The zero-order valence-electron chi connectivity index (χ0n) is 10.9. The molecule has 1 unspecified atom stereocenters. The van der Waals surface area contributed by atoms with E-state index in [-0.39, 0.29) is 11.7 Å². The van der Waals surface area contributed by atoms with E-state index in [1.165, 1.54) is 6.07 Å². The molecule has 0 spiro atoms. The first kappa shape index (κ1) is 14.0. The third-order valence-electron chi connectivity index (χ3n) is 3.23. The minimum absolute atomic E-state index is 0.0396. The molecule has 1 heterocycles. The molecule has 19 heavy (non-hydrogen) atoms. The molecule has 0 amide bonds. The van der Waals surface area contributed by atoms with Crippen LogP contribution in [0, 0.1) is 5.82 Å². The molecule has 1 saturated heterocycles. The van der Waals surface area contributed by atoms with Crippen LogP contribution < -0.4 is 0 Å². The summed E-state index contributed by atoms with van der Waals surface area (Å²) in [5, 5.41) is 9.12. The van der Waals surface area contributed by atoms with Crippen molar-refractivity contribution in [2.45, 2.75) is 26.0 Å². The number of hydrogen-bond donors (Lipinski definition) is 1. The Morgan fingerprint density at radius 2 is 2.37 bits per heavy atom. The second-order valence-electron chi connectivity index (χ2n) is 4.88. The lowest BCUT2D eigenvalue weighted by molar-refractivity contribution is 0.0662. The zero-order valence-corrected chi connectivity index (χ0v) is 10.9. The molecular formula is C14H18FNO3. The van der Waals surface area contributed by atoms with Gasteiger partial charge in [0.25, 0.3) is 0 Å². The number of benzene rings is 1. The summed E-state index contributed by atoms with van der Waals surface area (Å²) in [5.41, 5.74) is 0.681. The van der Waals surface area contributed by atoms with Crippen LogP contribution in [-0.4, -0.2) is 41.8 Å². The van der Waals surface area contributed by atoms with Gasteiger partial charge in [-0.25, -0.2) is 9.18 Å². The highest BCUT2D eigenvalue weighted by Crippen LogP contribution is 2.16. The van der Waals surface area contributed by atoms with E-state index in [1.807, 2.05) is 6.92 Å². The van der Waals surface area contributed by atoms with Crippen molar-refractivity contribution in [2.24, 2.45) is 0 Å². The molecular weight excluding hydrogens is 249 g/mol. The van der Waals surface area contributed by atoms with E-state index in [1.54, 1.807) is 6.07 Å². The SMILES string of the molecule is CC1CN(Cc2ccc(F)cc2C(=O)O)CCCO1. The summed E-state index contributed by atoms with van der Waals surface area (Å²) in [6.07, 6.45) is 1.06. The summed E-state index contributed by atoms with van der Waals surface area (Å²) in [5.74, 6) is -1.61. The first-order valence-electron chi connectivity index (χ1n) is 6.42. The van der Waals surface area contributed by atoms with Crippen LogP contribution in [0.15, 0.2) is 18.2 Å². The van der Waals surface area contributed by atoms with Crippen LogP contribution >= 0.6 is 0 Å². The van der Waals surface area contributed by atoms with E-state index >= 15 is 0 Å². The average Bonchev–Trinajstić information content (AvgIpc) is 2.55. The smallest absolute Gasteiger partial charge is 0.336 e. The summed E-state index contributed by atoms with van der Waals surface area (Å²) < 4.78 is 18.7. The predicted octanol–water partition coefficient (Wildman–Crippen LogP) is 2.13. The number of ether oxygens (including phenoxy) is 1. The van der Waals surface area contributed by atoms with Crippen molar-refractivity contribution < 1.29 is 19.0 Å². The highest BCUT2D eigenvalue weighted by molar-refractivity contribution is 5.89. The van der Waals surface area contributed by atoms with Crippen LogP contribution in [0.4, 0.5) is 4.39 Å². The van der Waals surface area contributed by atoms with Crippen molar-refractivity contribution in [3.05, 3.63) is 35.1 Å². The van der Waals surface area contributed by atoms with Crippen LogP contribution in [0.5, 0.6) is 0 Å². The molecule has 1 N–H and O–H groups in total. The molecule has 0 saturated carbocycles. The van der Waals surface area contributed by atoms with Crippen molar-refractivity contribution in [1.29, 1.82) is 0 Å². The number of nitrogens with zero attached hydrogens (tertiary/aromatic N) is 1. The molecule has 1 fully saturated rings. The van der Waals surface area contributed by atoms with E-state index in [0.29, 0.717) is 12.1 Å². The Labute approximate surface area is 111 Å². The topological polar surface area (TPSA) is 49.8 Å². The predicted molar refractivity (Wildman–Crippen MR) is 68.7 cm³/mol. The quantitative estimate of drug-likeness (QED) is 0.911. The molecule has 1 aromatic rings. The summed E-state index contributed by atoms with van der Waals surface area (Å²) in [6, 6.07) is 3.93. The fourth-order valence-corrected chi connectivity index (χ4v) is 2.35. The van der Waals surface area contributed by atoms with E-state index in [9.17, 15) is 9.18 Å². The van der Waals surface area contributed by atoms with Crippen LogP contribution in [0.3, 0.4) is 0 Å². The lowest BCUT2D eigenvalue weighted by atomic mass is 10.1. The number of carboxylic acid groups (broad SMARTS) is 1. The highest BCUT2D eigenvalue weighted by Gasteiger charge is 2.18. The molecule has 104 valence electrons. The van der Waals surface area contributed by atoms with Crippen molar-refractivity contribution in [3.63, 3.8) is 0 Å². The minimum Gasteiger partial charge on any atom is -0.478 e. The van der Waals surface area contributed by atoms with Gasteiger partial charge in [0.15, 0.2) is 0 Å². The monoisotopic (exact) mass is 267 g/mol. The molecule has 1 atom stereocenters. The maximum Gasteiger partial charge on any atom is 0.336 e. The first-order valence-corrected chi connectivity index (χ1v) is 6.42. The summed E-state index contributed by atoms with van der Waals surface area (Å²) >= 11 is 0. The molecule has 0 radical (unpaired) electrons. The lowest BCUT2D eigenvalue weighted by Crippen LogP contribution is -2.30. The van der Waals surface area contributed by atoms with Gasteiger partial charge < -0.3 is 9.84 Å². The van der Waals surface area contributed by atoms with E-state index in [0.717, 1.165) is 32.2 Å². The van der Waals surface area contributed by atoms with Crippen molar-refractivity contribution >= 4 is 5.97 Å². The number of halogens is 1. The number of rotatable bonds is 3. The molecule has 5 heteroatoms. The Morgan fingerprint density at radius 3 is 3.11 bits per heavy atom. The molecule has 0 aromatic heterocycles. The Bertz CT molecular complexity index is 464. The minimum atomic E-state index is -1.09. The molecule has 1 aliphatic heterocycles. The van der Waals surface area contributed by atoms with Crippen LogP contribution in [0.1, 0.15) is 29.3 Å². The molecule has 0 aliphatic carbocycles. The van der Waals surface area contributed by atoms with Gasteiger partial charge in [-0.15, -0.1) is 0 Å². The van der Waals surface area contributed by atoms with Gasteiger partial charge >= 0.3 is 5.97 Å². The normalized spacial score (nSPS) is 21.1. The van der Waals surface area contributed by atoms with E-state index in [4.69, 9.17) is 9.84 Å². The largest absolute Gasteiger partial charge is 0.478 e. The highest BCUT2D eigenvalue weighted by atomic mass is 19.1. The first-order chi connectivity index (χ1) is 9.06. The number of aromatic carboxylic acids is 1. The van der Waals surface area contributed by atoms with Gasteiger partial charge in [-0.1, -0.05) is 6.07 Å². The van der Waals surface area contributed by atoms with Crippen LogP contribution in [0.25, 0.3) is 0 Å². The molecule has 1 aromatic carbocycles. The van der Waals surface area contributed by atoms with Crippen LogP contribution in [0.2, 0.25) is 0 Å². The van der Waals surface area contributed by atoms with Crippen molar-refractivity contribution in [1.82, 2.24) is 4.90 Å². The number of carboxylic acids is 1. The van der Waals surface area contributed by atoms with Crippen molar-refractivity contribution in [2.75, 3.05) is 19.7 Å². The van der Waals surface area contributed by atoms with Gasteiger partial charge in [-0.05, 0) is 31.0 Å². The Kier molecular flexibility index (Phi) is 4.50. The Morgan fingerprint density at radius 1 is 1.58 bits per heavy atom. The third kappa shape index (κ3) is 3.75. The Balaban J connectivity index is 2.15. The standard InChI is InChI=1S/C14H18FNO3/c1-10-8-16(5-2-6-19-10)9-11-3-4-12(15)7-13(11)14(17)18/h3-4,7,10H,2,5-6,8-9H2,1H3,(H,17,18). The molecule has 2 rings (SSSR count). The average molecular weight is 267 g/mol. The van der Waals surface area contributed by atoms with Gasteiger partial charge in [-0.2, -0.15) is 0 Å². The van der Waals surface area contributed by atoms with Gasteiger partial charge in [0, 0.05) is 26.2 Å². The van der Waals surface area contributed by atoms with Gasteiger partial charge in [0.2, 0.25) is 0 Å². The molecule has 1 aliphatic rings. The summed E-state index contributed by atoms with van der Waals surface area (Å²) in [6.45, 7) is 4.86. The fraction of sp³-hybridized carbons (Fsp3) is 0.500. The zero-order chi connectivity index (χ0) is 13.8. The van der Waals surface area contributed by atoms with Gasteiger partial charge in [0.05, 0.1) is 11.7 Å². The fourth-order valence-electron chi connectivity index (χ4n) is 2.35. The second kappa shape index (κ2) is 6.12. The van der Waals surface area contributed by atoms with Gasteiger partial charge in [-0.3, -0.25) is 4.90 Å². The maximum absolute atomic E-state index is 13.1. The summed E-state index contributed by atoms with van der Waals surface area (Å²) in [4.78, 5) is 13.3. The van der Waals surface area contributed by atoms with Crippen LogP contribution in [-0.2, 0) is 11.3 Å². The van der Waals surface area contributed by atoms with E-state index in [2.05, 4.69) is 4.90 Å². The van der Waals surface area contributed by atoms with Gasteiger partial charge in [0.1, 0.15) is 5.82 Å². The maximum atomic E-state index is 13.1. The number of hydrogen-bond acceptors (Lipinski definition) is 3.